The van der Waals surface area contributed by atoms with E-state index in [1.807, 2.05) is 44.2 Å². The number of ether oxygens (including phenoxy) is 2. The molecule has 29 heavy (non-hydrogen) atoms. The van der Waals surface area contributed by atoms with Crippen molar-refractivity contribution in [2.75, 3.05) is 13.2 Å². The van der Waals surface area contributed by atoms with Crippen LogP contribution >= 0.6 is 39.9 Å². The van der Waals surface area contributed by atoms with Crippen molar-refractivity contribution in [3.8, 4) is 11.5 Å². The van der Waals surface area contributed by atoms with Crippen LogP contribution < -0.4 is 9.47 Å². The summed E-state index contributed by atoms with van der Waals surface area (Å²) in [5.74, 6) is 1.22. The highest BCUT2D eigenvalue weighted by atomic mass is 79.9. The number of thiocarbonyl (C=S) groups is 1. The molecule has 3 rings (SSSR count). The lowest BCUT2D eigenvalue weighted by Crippen LogP contribution is -2.27. The molecule has 0 unspecified atom stereocenters. The van der Waals surface area contributed by atoms with Gasteiger partial charge < -0.3 is 9.47 Å². The van der Waals surface area contributed by atoms with Crippen LogP contribution in [-0.2, 0) is 11.4 Å². The molecule has 2 aromatic rings. The van der Waals surface area contributed by atoms with Crippen LogP contribution in [0.5, 0.6) is 11.5 Å². The van der Waals surface area contributed by atoms with Gasteiger partial charge in [0.2, 0.25) is 0 Å². The predicted octanol–water partition coefficient (Wildman–Crippen LogP) is 5.96. The standard InChI is InChI=1S/C22H22BrNO3S2/c1-4-24-21(25)19(29-22(24)28)12-16-10-17(23)20(18(11-16)26-5-2)27-13-15-8-6-7-14(3)9-15/h6-12H,4-5,13H2,1-3H3/b19-12-. The minimum absolute atomic E-state index is 0.0589. The molecule has 0 spiro atoms. The minimum atomic E-state index is -0.0589. The molecule has 0 N–H and O–H groups in total. The lowest BCUT2D eigenvalue weighted by Gasteiger charge is -2.15. The summed E-state index contributed by atoms with van der Waals surface area (Å²) in [6.45, 7) is 7.42. The number of hydrogen-bond donors (Lipinski definition) is 0. The molecule has 1 heterocycles. The largest absolute Gasteiger partial charge is 0.490 e. The first-order chi connectivity index (χ1) is 13.9. The average Bonchev–Trinajstić information content (AvgIpc) is 2.94. The van der Waals surface area contributed by atoms with E-state index in [9.17, 15) is 4.79 Å². The molecule has 1 fully saturated rings. The Kier molecular flexibility index (Phi) is 7.38. The van der Waals surface area contributed by atoms with E-state index in [4.69, 9.17) is 21.7 Å². The van der Waals surface area contributed by atoms with Crippen LogP contribution in [0.3, 0.4) is 0 Å². The second kappa shape index (κ2) is 9.78. The van der Waals surface area contributed by atoms with E-state index in [2.05, 4.69) is 35.0 Å². The van der Waals surface area contributed by atoms with Gasteiger partial charge in [-0.3, -0.25) is 9.69 Å². The summed E-state index contributed by atoms with van der Waals surface area (Å²) in [6, 6.07) is 12.0. The van der Waals surface area contributed by atoms with Crippen LogP contribution in [0.2, 0.25) is 0 Å². The summed E-state index contributed by atoms with van der Waals surface area (Å²) < 4.78 is 13.2. The maximum atomic E-state index is 12.5. The zero-order chi connectivity index (χ0) is 21.0. The van der Waals surface area contributed by atoms with Crippen molar-refractivity contribution < 1.29 is 14.3 Å². The fourth-order valence-electron chi connectivity index (χ4n) is 2.96. The van der Waals surface area contributed by atoms with E-state index < -0.39 is 0 Å². The molecule has 1 aliphatic heterocycles. The van der Waals surface area contributed by atoms with Gasteiger partial charge in [0, 0.05) is 6.54 Å². The molecule has 0 radical (unpaired) electrons. The number of carbonyl (C=O) groups is 1. The van der Waals surface area contributed by atoms with Gasteiger partial charge in [0.25, 0.3) is 5.91 Å². The van der Waals surface area contributed by atoms with Crippen LogP contribution in [0.25, 0.3) is 6.08 Å². The summed E-state index contributed by atoms with van der Waals surface area (Å²) in [7, 11) is 0. The average molecular weight is 492 g/mol. The molecular weight excluding hydrogens is 470 g/mol. The SMILES string of the molecule is CCOc1cc(/C=C2\SC(=S)N(CC)C2=O)cc(Br)c1OCc1cccc(C)c1. The third kappa shape index (κ3) is 5.21. The molecule has 1 aliphatic rings. The Morgan fingerprint density at radius 1 is 1.21 bits per heavy atom. The lowest BCUT2D eigenvalue weighted by atomic mass is 10.1. The van der Waals surface area contributed by atoms with Gasteiger partial charge in [-0.25, -0.2) is 0 Å². The van der Waals surface area contributed by atoms with Gasteiger partial charge in [0.05, 0.1) is 16.0 Å². The predicted molar refractivity (Wildman–Crippen MR) is 126 cm³/mol. The van der Waals surface area contributed by atoms with Gasteiger partial charge >= 0.3 is 0 Å². The maximum absolute atomic E-state index is 12.5. The molecule has 0 atom stereocenters. The van der Waals surface area contributed by atoms with Crippen molar-refractivity contribution >= 4 is 56.2 Å². The number of carbonyl (C=O) groups excluding carboxylic acids is 1. The molecule has 0 aliphatic carbocycles. The normalized spacial score (nSPS) is 15.3. The van der Waals surface area contributed by atoms with E-state index in [-0.39, 0.29) is 5.91 Å². The second-order valence-corrected chi connectivity index (χ2v) is 9.00. The summed E-state index contributed by atoms with van der Waals surface area (Å²) in [5.41, 5.74) is 3.13. The van der Waals surface area contributed by atoms with Crippen LogP contribution in [-0.4, -0.2) is 28.3 Å². The molecule has 1 saturated heterocycles. The van der Waals surface area contributed by atoms with Crippen molar-refractivity contribution in [2.45, 2.75) is 27.4 Å². The van der Waals surface area contributed by atoms with E-state index in [0.717, 1.165) is 15.6 Å². The number of amides is 1. The zero-order valence-corrected chi connectivity index (χ0v) is 19.7. The summed E-state index contributed by atoms with van der Waals surface area (Å²) in [6.07, 6.45) is 1.84. The first-order valence-corrected chi connectivity index (χ1v) is 11.3. The number of benzene rings is 2. The Hall–Kier alpha value is -1.83. The minimum Gasteiger partial charge on any atom is -0.490 e. The third-order valence-corrected chi connectivity index (χ3v) is 6.25. The number of rotatable bonds is 7. The fraction of sp³-hybridized carbons (Fsp3) is 0.273. The summed E-state index contributed by atoms with van der Waals surface area (Å²) in [5, 5.41) is 0. The monoisotopic (exact) mass is 491 g/mol. The third-order valence-electron chi connectivity index (χ3n) is 4.28. The quantitative estimate of drug-likeness (QED) is 0.353. The highest BCUT2D eigenvalue weighted by Gasteiger charge is 2.30. The Morgan fingerprint density at radius 3 is 2.66 bits per heavy atom. The molecule has 4 nitrogen and oxygen atoms in total. The maximum Gasteiger partial charge on any atom is 0.266 e. The van der Waals surface area contributed by atoms with E-state index in [1.54, 1.807) is 4.90 Å². The molecule has 7 heteroatoms. The van der Waals surface area contributed by atoms with Crippen molar-refractivity contribution in [1.29, 1.82) is 0 Å². The van der Waals surface area contributed by atoms with E-state index in [1.165, 1.54) is 17.3 Å². The Bertz CT molecular complexity index is 975. The smallest absolute Gasteiger partial charge is 0.266 e. The molecule has 2 aromatic carbocycles. The van der Waals surface area contributed by atoms with Crippen molar-refractivity contribution in [1.82, 2.24) is 4.90 Å². The summed E-state index contributed by atoms with van der Waals surface area (Å²) >= 11 is 10.2. The molecule has 1 amide bonds. The second-order valence-electron chi connectivity index (χ2n) is 6.47. The van der Waals surface area contributed by atoms with Gasteiger partial charge in [-0.05, 0) is 66.0 Å². The number of aryl methyl sites for hydroxylation is 1. The number of thioether (sulfide) groups is 1. The van der Waals surface area contributed by atoms with Gasteiger partial charge in [-0.2, -0.15) is 0 Å². The molecular formula is C22H22BrNO3S2. The van der Waals surface area contributed by atoms with Crippen LogP contribution in [0.15, 0.2) is 45.8 Å². The zero-order valence-electron chi connectivity index (χ0n) is 16.5. The van der Waals surface area contributed by atoms with Crippen molar-refractivity contribution in [2.24, 2.45) is 0 Å². The van der Waals surface area contributed by atoms with Gasteiger partial charge in [0.15, 0.2) is 11.5 Å². The lowest BCUT2D eigenvalue weighted by molar-refractivity contribution is -0.121. The van der Waals surface area contributed by atoms with Crippen molar-refractivity contribution in [3.05, 3.63) is 62.5 Å². The first-order valence-electron chi connectivity index (χ1n) is 9.33. The summed E-state index contributed by atoms with van der Waals surface area (Å²) in [4.78, 5) is 14.7. The van der Waals surface area contributed by atoms with Gasteiger partial charge in [-0.1, -0.05) is 53.8 Å². The van der Waals surface area contributed by atoms with Gasteiger partial charge in [-0.15, -0.1) is 0 Å². The Balaban J connectivity index is 1.87. The Morgan fingerprint density at radius 2 is 2.00 bits per heavy atom. The highest BCUT2D eigenvalue weighted by Crippen LogP contribution is 2.39. The van der Waals surface area contributed by atoms with Crippen molar-refractivity contribution in [3.63, 3.8) is 0 Å². The molecule has 0 saturated carbocycles. The topological polar surface area (TPSA) is 38.8 Å². The number of nitrogens with zero attached hydrogens (tertiary/aromatic N) is 1. The number of halogens is 1. The van der Waals surface area contributed by atoms with Crippen LogP contribution in [0, 0.1) is 6.92 Å². The first kappa shape index (κ1) is 21.9. The highest BCUT2D eigenvalue weighted by molar-refractivity contribution is 9.10. The van der Waals surface area contributed by atoms with Gasteiger partial charge in [0.1, 0.15) is 10.9 Å². The number of hydrogen-bond acceptors (Lipinski definition) is 5. The molecule has 0 bridgehead atoms. The van der Waals surface area contributed by atoms with Crippen LogP contribution in [0.1, 0.15) is 30.5 Å². The molecule has 0 aromatic heterocycles. The fourth-order valence-corrected chi connectivity index (χ4v) is 4.91. The number of likely N-dealkylation sites (N-methyl/N-ethyl adjacent to an activating group) is 1. The Labute approximate surface area is 189 Å². The van der Waals surface area contributed by atoms with E-state index >= 15 is 0 Å². The van der Waals surface area contributed by atoms with Crippen LogP contribution in [0.4, 0.5) is 0 Å². The van der Waals surface area contributed by atoms with E-state index in [0.29, 0.717) is 40.5 Å². The molecule has 152 valence electrons.